The van der Waals surface area contributed by atoms with Gasteiger partial charge in [0, 0.05) is 30.2 Å². The molecule has 1 aliphatic heterocycles. The summed E-state index contributed by atoms with van der Waals surface area (Å²) in [7, 11) is 0. The van der Waals surface area contributed by atoms with E-state index in [1.165, 1.54) is 17.3 Å². The first-order valence-electron chi connectivity index (χ1n) is 10.5. The summed E-state index contributed by atoms with van der Waals surface area (Å²) in [6.07, 6.45) is 0.297. The van der Waals surface area contributed by atoms with Crippen molar-refractivity contribution in [3.8, 4) is 5.75 Å². The van der Waals surface area contributed by atoms with Gasteiger partial charge in [-0.15, -0.1) is 0 Å². The van der Waals surface area contributed by atoms with E-state index in [2.05, 4.69) is 28.1 Å². The maximum atomic E-state index is 12.0. The van der Waals surface area contributed by atoms with E-state index in [0.717, 1.165) is 29.5 Å². The number of benzene rings is 3. The molecule has 0 aliphatic carbocycles. The first-order chi connectivity index (χ1) is 15.2. The van der Waals surface area contributed by atoms with Crippen molar-refractivity contribution in [2.45, 2.75) is 19.1 Å². The molecule has 31 heavy (non-hydrogen) atoms. The summed E-state index contributed by atoms with van der Waals surface area (Å²) in [5, 5.41) is 11.9. The maximum absolute atomic E-state index is 12.0. The van der Waals surface area contributed by atoms with Crippen LogP contribution in [0.25, 0.3) is 10.9 Å². The topological polar surface area (TPSA) is 65.6 Å². The molecule has 0 unspecified atom stereocenters. The molecule has 2 heterocycles. The van der Waals surface area contributed by atoms with Crippen LogP contribution in [0.4, 0.5) is 5.69 Å². The first kappa shape index (κ1) is 19.4. The van der Waals surface area contributed by atoms with E-state index in [9.17, 15) is 9.90 Å². The Morgan fingerprint density at radius 2 is 1.77 bits per heavy atom. The van der Waals surface area contributed by atoms with Crippen molar-refractivity contribution in [2.24, 2.45) is 0 Å². The highest BCUT2D eigenvalue weighted by Crippen LogP contribution is 2.33. The van der Waals surface area contributed by atoms with Crippen LogP contribution in [-0.2, 0) is 13.0 Å². The number of aromatic nitrogens is 1. The average molecular weight is 412 g/mol. The number of β-amino-alcohol motifs (C(OH)–C–C–N with tert-alkyl or cyclic N) is 1. The van der Waals surface area contributed by atoms with Crippen molar-refractivity contribution in [2.75, 3.05) is 18.0 Å². The van der Waals surface area contributed by atoms with Gasteiger partial charge >= 0.3 is 0 Å². The monoisotopic (exact) mass is 412 g/mol. The van der Waals surface area contributed by atoms with E-state index >= 15 is 0 Å². The van der Waals surface area contributed by atoms with Crippen molar-refractivity contribution in [1.29, 1.82) is 0 Å². The Kier molecular flexibility index (Phi) is 5.18. The van der Waals surface area contributed by atoms with Crippen LogP contribution >= 0.6 is 0 Å². The highest BCUT2D eigenvalue weighted by molar-refractivity contribution is 5.87. The fourth-order valence-corrected chi connectivity index (χ4v) is 4.30. The number of pyridine rings is 1. The summed E-state index contributed by atoms with van der Waals surface area (Å²) in [5.41, 5.74) is 4.74. The second-order valence-corrected chi connectivity index (χ2v) is 7.88. The summed E-state index contributed by atoms with van der Waals surface area (Å²) < 4.78 is 6.01. The van der Waals surface area contributed by atoms with Gasteiger partial charge in [0.2, 0.25) is 5.56 Å². The zero-order chi connectivity index (χ0) is 21.2. The fourth-order valence-electron chi connectivity index (χ4n) is 4.30. The minimum Gasteiger partial charge on any atom is -0.487 e. The van der Waals surface area contributed by atoms with Crippen LogP contribution in [0.5, 0.6) is 5.75 Å². The maximum Gasteiger partial charge on any atom is 0.248 e. The largest absolute Gasteiger partial charge is 0.487 e. The number of rotatable bonds is 6. The van der Waals surface area contributed by atoms with Gasteiger partial charge in [0.25, 0.3) is 0 Å². The molecule has 1 atom stereocenters. The lowest BCUT2D eigenvalue weighted by Crippen LogP contribution is -2.26. The quantitative estimate of drug-likeness (QED) is 0.498. The molecule has 156 valence electrons. The third kappa shape index (κ3) is 3.92. The van der Waals surface area contributed by atoms with Crippen LogP contribution in [0.2, 0.25) is 0 Å². The standard InChI is InChI=1S/C26H24N2O3/c29-23(16-28-15-14-19-8-4-5-9-22(19)28)20-10-12-24(26-21(20)11-13-25(30)27-26)31-17-18-6-2-1-3-7-18/h1-13,23,29H,14-17H2,(H,27,30)/t23-/m0/s1. The van der Waals surface area contributed by atoms with Gasteiger partial charge in [0.05, 0.1) is 11.6 Å². The Morgan fingerprint density at radius 1 is 0.968 bits per heavy atom. The van der Waals surface area contributed by atoms with Crippen LogP contribution in [0.15, 0.2) is 83.7 Å². The molecule has 4 aromatic rings. The van der Waals surface area contributed by atoms with E-state index in [-0.39, 0.29) is 5.56 Å². The van der Waals surface area contributed by atoms with Crippen LogP contribution in [0, 0.1) is 0 Å². The number of aliphatic hydroxyl groups is 1. The van der Waals surface area contributed by atoms with Gasteiger partial charge < -0.3 is 19.7 Å². The number of nitrogens with one attached hydrogen (secondary N) is 1. The molecular formula is C26H24N2O3. The molecule has 5 nitrogen and oxygen atoms in total. The predicted octanol–water partition coefficient (Wildman–Crippen LogP) is 4.20. The molecule has 0 fully saturated rings. The molecule has 0 spiro atoms. The normalized spacial score (nSPS) is 13.9. The fraction of sp³-hybridized carbons (Fsp3) is 0.192. The Balaban J connectivity index is 1.43. The smallest absolute Gasteiger partial charge is 0.248 e. The molecular weight excluding hydrogens is 388 g/mol. The van der Waals surface area contributed by atoms with Gasteiger partial charge in [-0.3, -0.25) is 4.79 Å². The number of aliphatic hydroxyl groups excluding tert-OH is 1. The highest BCUT2D eigenvalue weighted by Gasteiger charge is 2.23. The van der Waals surface area contributed by atoms with Gasteiger partial charge in [-0.25, -0.2) is 0 Å². The van der Waals surface area contributed by atoms with E-state index in [0.29, 0.717) is 24.4 Å². The van der Waals surface area contributed by atoms with Crippen LogP contribution in [0.3, 0.4) is 0 Å². The average Bonchev–Trinajstić information content (AvgIpc) is 3.21. The Hall–Kier alpha value is -3.57. The van der Waals surface area contributed by atoms with Crippen LogP contribution in [0.1, 0.15) is 22.8 Å². The number of ether oxygens (including phenoxy) is 1. The van der Waals surface area contributed by atoms with Gasteiger partial charge in [-0.2, -0.15) is 0 Å². The number of para-hydroxylation sites is 1. The molecule has 0 saturated carbocycles. The van der Waals surface area contributed by atoms with E-state index in [1.807, 2.05) is 48.5 Å². The number of H-pyrrole nitrogens is 1. The molecule has 0 bridgehead atoms. The molecule has 1 aromatic heterocycles. The van der Waals surface area contributed by atoms with Crippen molar-refractivity contribution >= 4 is 16.6 Å². The molecule has 1 aliphatic rings. The minimum atomic E-state index is -0.692. The van der Waals surface area contributed by atoms with Gasteiger partial charge in [0.15, 0.2) is 0 Å². The number of fused-ring (bicyclic) bond motifs is 2. The lowest BCUT2D eigenvalue weighted by molar-refractivity contribution is 0.185. The number of nitrogens with zero attached hydrogens (tertiary/aromatic N) is 1. The van der Waals surface area contributed by atoms with Crippen molar-refractivity contribution < 1.29 is 9.84 Å². The van der Waals surface area contributed by atoms with Crippen LogP contribution < -0.4 is 15.2 Å². The number of aromatic amines is 1. The zero-order valence-electron chi connectivity index (χ0n) is 17.1. The Labute approximate surface area is 180 Å². The lowest BCUT2D eigenvalue weighted by Gasteiger charge is -2.24. The molecule has 0 radical (unpaired) electrons. The molecule has 0 saturated heterocycles. The second kappa shape index (κ2) is 8.28. The summed E-state index contributed by atoms with van der Waals surface area (Å²) in [4.78, 5) is 17.1. The number of anilines is 1. The molecule has 5 rings (SSSR count). The molecule has 5 heteroatoms. The van der Waals surface area contributed by atoms with Gasteiger partial charge in [-0.05, 0) is 41.3 Å². The van der Waals surface area contributed by atoms with E-state index < -0.39 is 6.10 Å². The lowest BCUT2D eigenvalue weighted by atomic mass is 10.0. The summed E-state index contributed by atoms with van der Waals surface area (Å²) in [6, 6.07) is 25.2. The van der Waals surface area contributed by atoms with Crippen LogP contribution in [-0.4, -0.2) is 23.2 Å². The van der Waals surface area contributed by atoms with Crippen molar-refractivity contribution in [1.82, 2.24) is 4.98 Å². The van der Waals surface area contributed by atoms with E-state index in [4.69, 9.17) is 4.74 Å². The molecule has 3 aromatic carbocycles. The highest BCUT2D eigenvalue weighted by atomic mass is 16.5. The third-order valence-electron chi connectivity index (χ3n) is 5.86. The SMILES string of the molecule is O=c1ccc2c([C@@H](O)CN3CCc4ccccc43)ccc(OCc3ccccc3)c2[nH]1. The number of hydrogen-bond donors (Lipinski definition) is 2. The first-order valence-corrected chi connectivity index (χ1v) is 10.5. The Bertz CT molecular complexity index is 1270. The van der Waals surface area contributed by atoms with Gasteiger partial charge in [-0.1, -0.05) is 54.6 Å². The Morgan fingerprint density at radius 3 is 2.65 bits per heavy atom. The predicted molar refractivity (Wildman–Crippen MR) is 123 cm³/mol. The number of hydrogen-bond acceptors (Lipinski definition) is 4. The van der Waals surface area contributed by atoms with Crippen molar-refractivity contribution in [3.63, 3.8) is 0 Å². The molecule has 2 N–H and O–H groups in total. The minimum absolute atomic E-state index is 0.197. The van der Waals surface area contributed by atoms with Crippen molar-refractivity contribution in [3.05, 3.63) is 106 Å². The zero-order valence-corrected chi connectivity index (χ0v) is 17.1. The second-order valence-electron chi connectivity index (χ2n) is 7.88. The summed E-state index contributed by atoms with van der Waals surface area (Å²) in [6.45, 7) is 1.79. The summed E-state index contributed by atoms with van der Waals surface area (Å²) in [5.74, 6) is 0.596. The summed E-state index contributed by atoms with van der Waals surface area (Å²) >= 11 is 0. The van der Waals surface area contributed by atoms with E-state index in [1.54, 1.807) is 6.07 Å². The third-order valence-corrected chi connectivity index (χ3v) is 5.86. The van der Waals surface area contributed by atoms with Gasteiger partial charge in [0.1, 0.15) is 12.4 Å². The molecule has 0 amide bonds.